The number of carboxylic acids is 1. The third-order valence-electron chi connectivity index (χ3n) is 5.71. The van der Waals surface area contributed by atoms with Crippen molar-refractivity contribution in [1.29, 1.82) is 0 Å². The van der Waals surface area contributed by atoms with Crippen molar-refractivity contribution >= 4 is 15.8 Å². The number of sulfone groups is 1. The second-order valence-corrected chi connectivity index (χ2v) is 10.3. The number of hydrogen-bond acceptors (Lipinski definition) is 6. The zero-order chi connectivity index (χ0) is 24.1. The van der Waals surface area contributed by atoms with Crippen LogP contribution in [0.4, 0.5) is 13.2 Å². The van der Waals surface area contributed by atoms with E-state index in [1.165, 1.54) is 13.0 Å². The van der Waals surface area contributed by atoms with Gasteiger partial charge in [0.1, 0.15) is 5.76 Å². The lowest BCUT2D eigenvalue weighted by molar-refractivity contribution is -0.145. The lowest BCUT2D eigenvalue weighted by Crippen LogP contribution is -2.54. The van der Waals surface area contributed by atoms with Crippen molar-refractivity contribution < 1.29 is 40.8 Å². The Morgan fingerprint density at radius 3 is 2.47 bits per heavy atom. The molecule has 2 unspecified atom stereocenters. The van der Waals surface area contributed by atoms with Gasteiger partial charge >= 0.3 is 12.1 Å². The minimum absolute atomic E-state index is 0.0679. The van der Waals surface area contributed by atoms with Crippen molar-refractivity contribution in [2.24, 2.45) is 0 Å². The molecular weight excluding hydrogens is 451 g/mol. The number of ether oxygens (including phenoxy) is 1. The first-order valence-corrected chi connectivity index (χ1v) is 11.5. The van der Waals surface area contributed by atoms with Crippen molar-refractivity contribution in [3.05, 3.63) is 35.2 Å². The fourth-order valence-electron chi connectivity index (χ4n) is 4.35. The average Bonchev–Trinajstić information content (AvgIpc) is 3.24. The molecule has 1 saturated carbocycles. The number of aliphatic carboxylic acids is 1. The number of carbonyl (C=O) groups is 1. The highest BCUT2D eigenvalue weighted by molar-refractivity contribution is 7.93. The summed E-state index contributed by atoms with van der Waals surface area (Å²) in [5.41, 5.74) is -0.715. The van der Waals surface area contributed by atoms with E-state index >= 15 is 0 Å². The van der Waals surface area contributed by atoms with Crippen LogP contribution in [0, 0.1) is 13.8 Å². The summed E-state index contributed by atoms with van der Waals surface area (Å²) in [6, 6.07) is 2.72. The monoisotopic (exact) mass is 475 g/mol. The van der Waals surface area contributed by atoms with Gasteiger partial charge in [0.05, 0.1) is 28.4 Å². The molecule has 7 nitrogen and oxygen atoms in total. The van der Waals surface area contributed by atoms with Gasteiger partial charge in [0, 0.05) is 5.56 Å². The van der Waals surface area contributed by atoms with Crippen molar-refractivity contribution in [3.8, 4) is 11.1 Å². The molecule has 1 fully saturated rings. The van der Waals surface area contributed by atoms with Gasteiger partial charge in [-0.15, -0.1) is 0 Å². The van der Waals surface area contributed by atoms with Crippen molar-refractivity contribution in [3.63, 3.8) is 0 Å². The standard InChI is InChI=1S/C21H24F3NO6S/c1-11(2)30-17-6-5-9-20(17,19(26)27)32(28,29)16-8-7-14(10-15(16)21(22,23)24)18-12(3)25-31-13(18)4/h7-8,10-11,17H,5-6,9H2,1-4H3,(H,26,27). The van der Waals surface area contributed by atoms with Crippen molar-refractivity contribution in [2.75, 3.05) is 0 Å². The molecule has 176 valence electrons. The summed E-state index contributed by atoms with van der Waals surface area (Å²) in [4.78, 5) is 11.2. The maximum atomic E-state index is 14.0. The summed E-state index contributed by atoms with van der Waals surface area (Å²) >= 11 is 0. The van der Waals surface area contributed by atoms with Gasteiger partial charge in [-0.3, -0.25) is 4.79 Å². The number of benzene rings is 1. The molecule has 0 spiro atoms. The fourth-order valence-corrected chi connectivity index (χ4v) is 6.62. The molecular formula is C21H24F3NO6S. The van der Waals surface area contributed by atoms with E-state index in [0.717, 1.165) is 6.07 Å². The van der Waals surface area contributed by atoms with E-state index in [0.29, 0.717) is 17.3 Å². The largest absolute Gasteiger partial charge is 0.480 e. The minimum atomic E-state index is -5.05. The second kappa shape index (κ2) is 8.18. The molecule has 1 aromatic carbocycles. The van der Waals surface area contributed by atoms with Gasteiger partial charge in [0.25, 0.3) is 0 Å². The van der Waals surface area contributed by atoms with Gasteiger partial charge in [0.2, 0.25) is 0 Å². The number of aryl methyl sites for hydroxylation is 2. The number of alkyl halides is 3. The Bertz CT molecular complexity index is 1120. The molecule has 1 N–H and O–H groups in total. The van der Waals surface area contributed by atoms with E-state index in [1.807, 2.05) is 0 Å². The van der Waals surface area contributed by atoms with Crippen LogP contribution in [0.15, 0.2) is 27.6 Å². The number of carboxylic acid groups (broad SMARTS) is 1. The molecule has 3 rings (SSSR count). The maximum Gasteiger partial charge on any atom is 0.417 e. The first kappa shape index (κ1) is 24.2. The third kappa shape index (κ3) is 3.81. The molecule has 0 saturated heterocycles. The molecule has 1 heterocycles. The average molecular weight is 475 g/mol. The van der Waals surface area contributed by atoms with Crippen LogP contribution in [0.5, 0.6) is 0 Å². The quantitative estimate of drug-likeness (QED) is 0.653. The van der Waals surface area contributed by atoms with Gasteiger partial charge in [-0.1, -0.05) is 11.2 Å². The highest BCUT2D eigenvalue weighted by Gasteiger charge is 2.62. The molecule has 32 heavy (non-hydrogen) atoms. The zero-order valence-corrected chi connectivity index (χ0v) is 18.8. The van der Waals surface area contributed by atoms with Crippen LogP contribution in [-0.4, -0.2) is 41.6 Å². The third-order valence-corrected chi connectivity index (χ3v) is 8.24. The summed E-state index contributed by atoms with van der Waals surface area (Å²) < 4.78 is 77.4. The number of nitrogens with zero attached hydrogens (tertiary/aromatic N) is 1. The molecule has 0 aliphatic heterocycles. The van der Waals surface area contributed by atoms with Gasteiger partial charge in [-0.2, -0.15) is 13.2 Å². The number of aromatic nitrogens is 1. The number of halogens is 3. The molecule has 1 aliphatic carbocycles. The maximum absolute atomic E-state index is 14.0. The van der Waals surface area contributed by atoms with Crippen molar-refractivity contribution in [1.82, 2.24) is 5.16 Å². The van der Waals surface area contributed by atoms with E-state index in [-0.39, 0.29) is 30.6 Å². The highest BCUT2D eigenvalue weighted by Crippen LogP contribution is 2.47. The highest BCUT2D eigenvalue weighted by atomic mass is 32.2. The molecule has 11 heteroatoms. The Morgan fingerprint density at radius 2 is 1.97 bits per heavy atom. The van der Waals surface area contributed by atoms with Gasteiger partial charge < -0.3 is 14.4 Å². The van der Waals surface area contributed by atoms with E-state index in [1.54, 1.807) is 20.8 Å². The molecule has 0 amide bonds. The van der Waals surface area contributed by atoms with E-state index in [2.05, 4.69) is 5.16 Å². The normalized spacial score (nSPS) is 21.9. The Hall–Kier alpha value is -2.40. The smallest absolute Gasteiger partial charge is 0.417 e. The molecule has 1 aromatic heterocycles. The van der Waals surface area contributed by atoms with Crippen LogP contribution in [-0.2, 0) is 25.5 Å². The van der Waals surface area contributed by atoms with Crippen LogP contribution < -0.4 is 0 Å². The summed E-state index contributed by atoms with van der Waals surface area (Å²) in [5, 5.41) is 13.7. The van der Waals surface area contributed by atoms with Gasteiger partial charge in [-0.25, -0.2) is 8.42 Å². The Balaban J connectivity index is 2.26. The van der Waals surface area contributed by atoms with Gasteiger partial charge in [0.15, 0.2) is 14.6 Å². The van der Waals surface area contributed by atoms with Gasteiger partial charge in [-0.05, 0) is 64.7 Å². The summed E-state index contributed by atoms with van der Waals surface area (Å²) in [5.74, 6) is -1.45. The predicted molar refractivity (Wildman–Crippen MR) is 108 cm³/mol. The van der Waals surface area contributed by atoms with Crippen LogP contribution in [0.1, 0.15) is 50.1 Å². The topological polar surface area (TPSA) is 107 Å². The molecule has 1 aliphatic rings. The summed E-state index contributed by atoms with van der Waals surface area (Å²) in [6.07, 6.45) is -6.86. The summed E-state index contributed by atoms with van der Waals surface area (Å²) in [7, 11) is -5.00. The second-order valence-electron chi connectivity index (χ2n) is 8.17. The fraction of sp³-hybridized carbons (Fsp3) is 0.524. The van der Waals surface area contributed by atoms with Crippen LogP contribution >= 0.6 is 0 Å². The number of hydrogen-bond donors (Lipinski definition) is 1. The Kier molecular flexibility index (Phi) is 6.20. The number of rotatable bonds is 6. The minimum Gasteiger partial charge on any atom is -0.480 e. The molecule has 2 atom stereocenters. The summed E-state index contributed by atoms with van der Waals surface area (Å²) in [6.45, 7) is 6.29. The first-order chi connectivity index (χ1) is 14.7. The van der Waals surface area contributed by atoms with E-state index < -0.39 is 49.4 Å². The zero-order valence-electron chi connectivity index (χ0n) is 18.0. The van der Waals surface area contributed by atoms with Crippen molar-refractivity contribution in [2.45, 2.75) is 75.0 Å². The van der Waals surface area contributed by atoms with Crippen LogP contribution in [0.25, 0.3) is 11.1 Å². The lowest BCUT2D eigenvalue weighted by atomic mass is 10.0. The Morgan fingerprint density at radius 1 is 1.31 bits per heavy atom. The SMILES string of the molecule is Cc1noc(C)c1-c1ccc(S(=O)(=O)C2(C(=O)O)CCCC2OC(C)C)c(C(F)(F)F)c1. The lowest BCUT2D eigenvalue weighted by Gasteiger charge is -2.32. The Labute approximate surface area is 183 Å². The molecule has 2 aromatic rings. The molecule has 0 radical (unpaired) electrons. The van der Waals surface area contributed by atoms with E-state index in [9.17, 15) is 31.5 Å². The van der Waals surface area contributed by atoms with E-state index in [4.69, 9.17) is 9.26 Å². The predicted octanol–water partition coefficient (Wildman–Crippen LogP) is 4.55. The molecule has 0 bridgehead atoms. The first-order valence-electron chi connectivity index (χ1n) is 10.0. The van der Waals surface area contributed by atoms with Crippen LogP contribution in [0.3, 0.4) is 0 Å². The van der Waals surface area contributed by atoms with Crippen LogP contribution in [0.2, 0.25) is 0 Å².